The highest BCUT2D eigenvalue weighted by Gasteiger charge is 2.21. The first-order chi connectivity index (χ1) is 8.06. The standard InChI is InChI=1S/C13H17BrN2O/c1-9(2)5-6-16-8-13(17)15-11-4-3-10(14)7-12(11)16/h3-4,7,9H,5-6,8H2,1-2H3,(H,15,17). The van der Waals surface area contributed by atoms with Crippen LogP contribution >= 0.6 is 15.9 Å². The molecule has 1 aromatic rings. The molecule has 92 valence electrons. The van der Waals surface area contributed by atoms with Crippen molar-refractivity contribution in [3.8, 4) is 0 Å². The van der Waals surface area contributed by atoms with Crippen molar-refractivity contribution in [2.24, 2.45) is 5.92 Å². The number of carbonyl (C=O) groups is 1. The molecule has 0 fully saturated rings. The molecule has 0 atom stereocenters. The van der Waals surface area contributed by atoms with Crippen LogP contribution in [-0.4, -0.2) is 19.0 Å². The van der Waals surface area contributed by atoms with Crippen LogP contribution in [0.1, 0.15) is 20.3 Å². The zero-order chi connectivity index (χ0) is 12.4. The van der Waals surface area contributed by atoms with Gasteiger partial charge in [0.1, 0.15) is 0 Å². The predicted molar refractivity (Wildman–Crippen MR) is 74.4 cm³/mol. The smallest absolute Gasteiger partial charge is 0.243 e. The van der Waals surface area contributed by atoms with Crippen LogP contribution in [0.2, 0.25) is 0 Å². The van der Waals surface area contributed by atoms with Gasteiger partial charge in [-0.3, -0.25) is 4.79 Å². The van der Waals surface area contributed by atoms with Crippen LogP contribution in [0.25, 0.3) is 0 Å². The van der Waals surface area contributed by atoms with E-state index in [1.54, 1.807) is 0 Å². The highest BCUT2D eigenvalue weighted by molar-refractivity contribution is 9.10. The van der Waals surface area contributed by atoms with Gasteiger partial charge in [0.25, 0.3) is 0 Å². The molecular formula is C13H17BrN2O. The van der Waals surface area contributed by atoms with E-state index < -0.39 is 0 Å². The summed E-state index contributed by atoms with van der Waals surface area (Å²) in [6.45, 7) is 5.78. The molecule has 0 spiro atoms. The molecule has 17 heavy (non-hydrogen) atoms. The highest BCUT2D eigenvalue weighted by Crippen LogP contribution is 2.32. The molecule has 0 radical (unpaired) electrons. The number of fused-ring (bicyclic) bond motifs is 1. The SMILES string of the molecule is CC(C)CCN1CC(=O)Nc2ccc(Br)cc21. The molecule has 0 unspecified atom stereocenters. The molecule has 1 aliphatic rings. The fraction of sp³-hybridized carbons (Fsp3) is 0.462. The minimum absolute atomic E-state index is 0.0728. The van der Waals surface area contributed by atoms with Crippen molar-refractivity contribution in [2.75, 3.05) is 23.3 Å². The summed E-state index contributed by atoms with van der Waals surface area (Å²) < 4.78 is 1.04. The van der Waals surface area contributed by atoms with E-state index >= 15 is 0 Å². The second-order valence-corrected chi connectivity index (χ2v) is 5.73. The number of amides is 1. The molecule has 0 saturated carbocycles. The van der Waals surface area contributed by atoms with Crippen molar-refractivity contribution in [3.63, 3.8) is 0 Å². The van der Waals surface area contributed by atoms with Crippen molar-refractivity contribution in [2.45, 2.75) is 20.3 Å². The quantitative estimate of drug-likeness (QED) is 0.929. The maximum absolute atomic E-state index is 11.6. The number of hydrogen-bond donors (Lipinski definition) is 1. The molecule has 0 aromatic heterocycles. The first kappa shape index (κ1) is 12.4. The van der Waals surface area contributed by atoms with Gasteiger partial charge in [-0.1, -0.05) is 29.8 Å². The number of nitrogens with zero attached hydrogens (tertiary/aromatic N) is 1. The van der Waals surface area contributed by atoms with Crippen molar-refractivity contribution < 1.29 is 4.79 Å². The van der Waals surface area contributed by atoms with Crippen LogP contribution in [0.5, 0.6) is 0 Å². The Labute approximate surface area is 110 Å². The van der Waals surface area contributed by atoms with Crippen molar-refractivity contribution in [1.29, 1.82) is 0 Å². The molecule has 1 amide bonds. The van der Waals surface area contributed by atoms with Gasteiger partial charge in [0, 0.05) is 11.0 Å². The van der Waals surface area contributed by atoms with Gasteiger partial charge >= 0.3 is 0 Å². The number of anilines is 2. The summed E-state index contributed by atoms with van der Waals surface area (Å²) in [6.07, 6.45) is 1.10. The fourth-order valence-electron chi connectivity index (χ4n) is 1.93. The third-order valence-corrected chi connectivity index (χ3v) is 3.38. The largest absolute Gasteiger partial charge is 0.360 e. The maximum atomic E-state index is 11.6. The van der Waals surface area contributed by atoms with E-state index in [0.717, 1.165) is 28.8 Å². The Balaban J connectivity index is 2.23. The van der Waals surface area contributed by atoms with Crippen molar-refractivity contribution in [1.82, 2.24) is 0 Å². The van der Waals surface area contributed by atoms with E-state index in [1.165, 1.54) is 0 Å². The molecule has 0 saturated heterocycles. The van der Waals surface area contributed by atoms with Crippen LogP contribution in [0.4, 0.5) is 11.4 Å². The lowest BCUT2D eigenvalue weighted by Gasteiger charge is -2.31. The minimum Gasteiger partial charge on any atom is -0.360 e. The minimum atomic E-state index is 0.0728. The zero-order valence-electron chi connectivity index (χ0n) is 10.2. The Morgan fingerprint density at radius 2 is 2.24 bits per heavy atom. The number of benzene rings is 1. The lowest BCUT2D eigenvalue weighted by Crippen LogP contribution is -2.39. The Bertz CT molecular complexity index is 431. The molecule has 1 N–H and O–H groups in total. The van der Waals surface area contributed by atoms with E-state index in [1.807, 2.05) is 12.1 Å². The lowest BCUT2D eigenvalue weighted by atomic mass is 10.1. The van der Waals surface area contributed by atoms with E-state index in [9.17, 15) is 4.79 Å². The number of hydrogen-bond acceptors (Lipinski definition) is 2. The van der Waals surface area contributed by atoms with E-state index in [-0.39, 0.29) is 5.91 Å². The number of nitrogens with one attached hydrogen (secondary N) is 1. The van der Waals surface area contributed by atoms with Crippen molar-refractivity contribution >= 4 is 33.2 Å². The lowest BCUT2D eigenvalue weighted by molar-refractivity contribution is -0.115. The Morgan fingerprint density at radius 3 is 2.94 bits per heavy atom. The first-order valence-corrected chi connectivity index (χ1v) is 6.70. The molecule has 3 nitrogen and oxygen atoms in total. The Morgan fingerprint density at radius 1 is 1.47 bits per heavy atom. The highest BCUT2D eigenvalue weighted by atomic mass is 79.9. The third kappa shape index (κ3) is 3.00. The monoisotopic (exact) mass is 296 g/mol. The average molecular weight is 297 g/mol. The molecule has 0 aliphatic carbocycles. The Kier molecular flexibility index (Phi) is 3.72. The van der Waals surface area contributed by atoms with Gasteiger partial charge in [0.15, 0.2) is 0 Å². The normalized spacial score (nSPS) is 14.8. The van der Waals surface area contributed by atoms with Gasteiger partial charge in [-0.25, -0.2) is 0 Å². The summed E-state index contributed by atoms with van der Waals surface area (Å²) in [4.78, 5) is 13.8. The second kappa shape index (κ2) is 5.08. The van der Waals surface area contributed by atoms with Crippen molar-refractivity contribution in [3.05, 3.63) is 22.7 Å². The Hall–Kier alpha value is -1.03. The van der Waals surface area contributed by atoms with Crippen LogP contribution in [0.15, 0.2) is 22.7 Å². The fourth-order valence-corrected chi connectivity index (χ4v) is 2.28. The van der Waals surface area contributed by atoms with Gasteiger partial charge in [-0.15, -0.1) is 0 Å². The zero-order valence-corrected chi connectivity index (χ0v) is 11.8. The summed E-state index contributed by atoms with van der Waals surface area (Å²) in [5.74, 6) is 0.721. The van der Waals surface area contributed by atoms with Gasteiger partial charge in [0.2, 0.25) is 5.91 Å². The van der Waals surface area contributed by atoms with E-state index in [2.05, 4.69) is 46.1 Å². The molecule has 4 heteroatoms. The number of halogens is 1. The van der Waals surface area contributed by atoms with Crippen LogP contribution in [-0.2, 0) is 4.79 Å². The third-order valence-electron chi connectivity index (χ3n) is 2.89. The summed E-state index contributed by atoms with van der Waals surface area (Å²) in [7, 11) is 0. The average Bonchev–Trinajstić information content (AvgIpc) is 2.26. The van der Waals surface area contributed by atoms with E-state index in [0.29, 0.717) is 12.5 Å². The molecule has 0 bridgehead atoms. The van der Waals surface area contributed by atoms with Crippen LogP contribution in [0.3, 0.4) is 0 Å². The first-order valence-electron chi connectivity index (χ1n) is 5.90. The second-order valence-electron chi connectivity index (χ2n) is 4.81. The van der Waals surface area contributed by atoms with Gasteiger partial charge in [0.05, 0.1) is 17.9 Å². The maximum Gasteiger partial charge on any atom is 0.243 e. The molecule has 1 aliphatic heterocycles. The van der Waals surface area contributed by atoms with Gasteiger partial charge < -0.3 is 10.2 Å². The summed E-state index contributed by atoms with van der Waals surface area (Å²) in [5.41, 5.74) is 2.02. The van der Waals surface area contributed by atoms with Gasteiger partial charge in [-0.05, 0) is 30.5 Å². The van der Waals surface area contributed by atoms with Gasteiger partial charge in [-0.2, -0.15) is 0 Å². The summed E-state index contributed by atoms with van der Waals surface area (Å²) in [5, 5.41) is 2.90. The van der Waals surface area contributed by atoms with Crippen LogP contribution < -0.4 is 10.2 Å². The van der Waals surface area contributed by atoms with E-state index in [4.69, 9.17) is 0 Å². The topological polar surface area (TPSA) is 32.3 Å². The predicted octanol–water partition coefficient (Wildman–Crippen LogP) is 3.25. The van der Waals surface area contributed by atoms with Crippen LogP contribution in [0, 0.1) is 5.92 Å². The molecular weight excluding hydrogens is 280 g/mol. The number of carbonyl (C=O) groups excluding carboxylic acids is 1. The summed E-state index contributed by atoms with van der Waals surface area (Å²) >= 11 is 3.47. The molecule has 2 rings (SSSR count). The number of rotatable bonds is 3. The molecule has 1 aromatic carbocycles. The molecule has 1 heterocycles. The summed E-state index contributed by atoms with van der Waals surface area (Å²) in [6, 6.07) is 5.96.